The van der Waals surface area contributed by atoms with Crippen LogP contribution in [-0.2, 0) is 16.0 Å². The number of rotatable bonds is 4. The highest BCUT2D eigenvalue weighted by Crippen LogP contribution is 2.37. The Balaban J connectivity index is 1.55. The third-order valence-electron chi connectivity index (χ3n) is 4.86. The van der Waals surface area contributed by atoms with E-state index in [2.05, 4.69) is 0 Å². The number of nitro groups is 1. The largest absolute Gasteiger partial charge is 0.486 e. The highest BCUT2D eigenvalue weighted by atomic mass is 16.6. The van der Waals surface area contributed by atoms with E-state index in [1.54, 1.807) is 4.90 Å². The second-order valence-corrected chi connectivity index (χ2v) is 6.69. The molecule has 1 amide bonds. The predicted molar refractivity (Wildman–Crippen MR) is 101 cm³/mol. The number of hydrogen-bond donors (Lipinski definition) is 0. The van der Waals surface area contributed by atoms with Crippen LogP contribution in [-0.4, -0.2) is 42.7 Å². The Bertz CT molecular complexity index is 1000. The quantitative estimate of drug-likeness (QED) is 0.442. The van der Waals surface area contributed by atoms with E-state index in [0.717, 1.165) is 23.7 Å². The minimum absolute atomic E-state index is 0.192. The molecule has 0 saturated carbocycles. The lowest BCUT2D eigenvalue weighted by molar-refractivity contribution is -0.385. The van der Waals surface area contributed by atoms with Gasteiger partial charge in [0.25, 0.3) is 11.6 Å². The molecular formula is C20H18N2O7. The Morgan fingerprint density at radius 3 is 2.59 bits per heavy atom. The molecule has 9 nitrogen and oxygen atoms in total. The van der Waals surface area contributed by atoms with Gasteiger partial charge in [0, 0.05) is 18.3 Å². The number of carbonyl (C=O) groups excluding carboxylic acids is 2. The van der Waals surface area contributed by atoms with E-state index in [1.807, 2.05) is 24.3 Å². The second-order valence-electron chi connectivity index (χ2n) is 6.69. The van der Waals surface area contributed by atoms with Crippen molar-refractivity contribution in [1.29, 1.82) is 0 Å². The van der Waals surface area contributed by atoms with Crippen LogP contribution in [0.25, 0.3) is 0 Å². The molecule has 0 N–H and O–H groups in total. The van der Waals surface area contributed by atoms with Crippen molar-refractivity contribution in [2.45, 2.75) is 19.4 Å². The average Bonchev–Trinajstić information content (AvgIpc) is 3.16. The van der Waals surface area contributed by atoms with Gasteiger partial charge in [-0.1, -0.05) is 18.2 Å². The topological polar surface area (TPSA) is 108 Å². The number of benzene rings is 2. The first-order valence-corrected chi connectivity index (χ1v) is 9.14. The van der Waals surface area contributed by atoms with Crippen molar-refractivity contribution in [1.82, 2.24) is 0 Å². The van der Waals surface area contributed by atoms with Crippen LogP contribution >= 0.6 is 0 Å². The van der Waals surface area contributed by atoms with Gasteiger partial charge in [0.1, 0.15) is 18.8 Å². The fraction of sp³-hybridized carbons (Fsp3) is 0.300. The lowest BCUT2D eigenvalue weighted by Gasteiger charge is -2.22. The number of para-hydroxylation sites is 1. The molecular weight excluding hydrogens is 380 g/mol. The highest BCUT2D eigenvalue weighted by molar-refractivity contribution is 6.01. The molecule has 9 heteroatoms. The maximum Gasteiger partial charge on any atom is 0.346 e. The summed E-state index contributed by atoms with van der Waals surface area (Å²) in [6.07, 6.45) is -0.391. The molecule has 0 aromatic heterocycles. The smallest absolute Gasteiger partial charge is 0.346 e. The van der Waals surface area contributed by atoms with E-state index >= 15 is 0 Å². The van der Waals surface area contributed by atoms with Crippen LogP contribution in [0.3, 0.4) is 0 Å². The molecule has 150 valence electrons. The highest BCUT2D eigenvalue weighted by Gasteiger charge is 2.33. The summed E-state index contributed by atoms with van der Waals surface area (Å²) in [5.41, 5.74) is 1.07. The lowest BCUT2D eigenvalue weighted by atomic mass is 10.1. The molecule has 0 aliphatic carbocycles. The molecule has 2 aliphatic rings. The zero-order valence-electron chi connectivity index (χ0n) is 15.6. The van der Waals surface area contributed by atoms with E-state index in [4.69, 9.17) is 14.2 Å². The Morgan fingerprint density at radius 1 is 1.17 bits per heavy atom. The van der Waals surface area contributed by atoms with Gasteiger partial charge in [0.15, 0.2) is 17.6 Å². The Morgan fingerprint density at radius 2 is 1.86 bits per heavy atom. The van der Waals surface area contributed by atoms with Crippen molar-refractivity contribution in [3.63, 3.8) is 0 Å². The fourth-order valence-electron chi connectivity index (χ4n) is 3.45. The van der Waals surface area contributed by atoms with Crippen molar-refractivity contribution in [3.05, 3.63) is 57.6 Å². The third-order valence-corrected chi connectivity index (χ3v) is 4.86. The number of anilines is 1. The van der Waals surface area contributed by atoms with E-state index < -0.39 is 22.7 Å². The lowest BCUT2D eigenvalue weighted by Crippen LogP contribution is -2.39. The van der Waals surface area contributed by atoms with Crippen molar-refractivity contribution in [2.24, 2.45) is 0 Å². The van der Waals surface area contributed by atoms with Crippen LogP contribution in [0.1, 0.15) is 22.8 Å². The van der Waals surface area contributed by atoms with Crippen LogP contribution < -0.4 is 14.4 Å². The maximum absolute atomic E-state index is 12.8. The van der Waals surface area contributed by atoms with Crippen molar-refractivity contribution in [3.8, 4) is 11.5 Å². The normalized spacial score (nSPS) is 15.4. The van der Waals surface area contributed by atoms with E-state index in [1.165, 1.54) is 13.0 Å². The molecule has 0 unspecified atom stereocenters. The standard InChI is InChI=1S/C20H18N2O7/c1-12(19(23)21-7-6-13-4-2-3-5-15(13)21)29-20(24)14-10-17-18(28-9-8-27-17)11-16(14)22(25)26/h2-5,10-12H,6-9H2,1H3/t12-/m1/s1. The number of carbonyl (C=O) groups is 2. The van der Waals surface area contributed by atoms with Crippen LogP contribution in [0.2, 0.25) is 0 Å². The molecule has 0 bridgehead atoms. The Hall–Kier alpha value is -3.62. The maximum atomic E-state index is 12.8. The van der Waals surface area contributed by atoms with E-state index in [-0.39, 0.29) is 36.2 Å². The van der Waals surface area contributed by atoms with E-state index in [9.17, 15) is 19.7 Å². The van der Waals surface area contributed by atoms with Crippen LogP contribution in [0.15, 0.2) is 36.4 Å². The van der Waals surface area contributed by atoms with Gasteiger partial charge in [-0.05, 0) is 25.0 Å². The molecule has 2 aromatic rings. The third kappa shape index (κ3) is 3.46. The molecule has 29 heavy (non-hydrogen) atoms. The van der Waals surface area contributed by atoms with Crippen molar-refractivity contribution < 1.29 is 28.7 Å². The van der Waals surface area contributed by atoms with Gasteiger partial charge < -0.3 is 19.1 Å². The van der Waals surface area contributed by atoms with Gasteiger partial charge in [-0.25, -0.2) is 4.79 Å². The number of esters is 1. The molecule has 0 radical (unpaired) electrons. The van der Waals surface area contributed by atoms with Gasteiger partial charge in [-0.2, -0.15) is 0 Å². The minimum Gasteiger partial charge on any atom is -0.486 e. The number of fused-ring (bicyclic) bond motifs is 2. The summed E-state index contributed by atoms with van der Waals surface area (Å²) < 4.78 is 16.0. The Labute approximate surface area is 165 Å². The molecule has 0 saturated heterocycles. The molecule has 2 aliphatic heterocycles. The molecule has 2 aromatic carbocycles. The summed E-state index contributed by atoms with van der Waals surface area (Å²) >= 11 is 0. The molecule has 2 heterocycles. The van der Waals surface area contributed by atoms with Gasteiger partial charge in [0.05, 0.1) is 11.0 Å². The molecule has 1 atom stereocenters. The van der Waals surface area contributed by atoms with Gasteiger partial charge in [-0.15, -0.1) is 0 Å². The van der Waals surface area contributed by atoms with Crippen LogP contribution in [0.4, 0.5) is 11.4 Å². The number of nitro benzene ring substituents is 1. The van der Waals surface area contributed by atoms with Gasteiger partial charge in [0.2, 0.25) is 0 Å². The summed E-state index contributed by atoms with van der Waals surface area (Å²) in [5.74, 6) is -0.941. The summed E-state index contributed by atoms with van der Waals surface area (Å²) in [5, 5.41) is 11.4. The summed E-state index contributed by atoms with van der Waals surface area (Å²) in [4.78, 5) is 37.7. The molecule has 4 rings (SSSR count). The first kappa shape index (κ1) is 18.7. The van der Waals surface area contributed by atoms with Gasteiger partial charge >= 0.3 is 5.97 Å². The number of amides is 1. The number of nitrogens with zero attached hydrogens (tertiary/aromatic N) is 2. The summed E-state index contributed by atoms with van der Waals surface area (Å²) in [6.45, 7) is 2.47. The van der Waals surface area contributed by atoms with Crippen LogP contribution in [0, 0.1) is 10.1 Å². The fourth-order valence-corrected chi connectivity index (χ4v) is 3.45. The average molecular weight is 398 g/mol. The van der Waals surface area contributed by atoms with Crippen LogP contribution in [0.5, 0.6) is 11.5 Å². The minimum atomic E-state index is -1.11. The zero-order valence-corrected chi connectivity index (χ0v) is 15.6. The summed E-state index contributed by atoms with van der Waals surface area (Å²) in [6, 6.07) is 9.86. The summed E-state index contributed by atoms with van der Waals surface area (Å²) in [7, 11) is 0. The van der Waals surface area contributed by atoms with E-state index in [0.29, 0.717) is 6.54 Å². The number of ether oxygens (including phenoxy) is 3. The first-order valence-electron chi connectivity index (χ1n) is 9.14. The first-order chi connectivity index (χ1) is 14.0. The molecule has 0 spiro atoms. The predicted octanol–water partition coefficient (Wildman–Crippen LogP) is 2.50. The second kappa shape index (κ2) is 7.42. The monoisotopic (exact) mass is 398 g/mol. The molecule has 0 fully saturated rings. The zero-order chi connectivity index (χ0) is 20.5. The SMILES string of the molecule is C[C@@H](OC(=O)c1cc2c(cc1[N+](=O)[O-])OCCO2)C(=O)N1CCc2ccccc21. The van der Waals surface area contributed by atoms with Gasteiger partial charge in [-0.3, -0.25) is 14.9 Å². The number of hydrogen-bond acceptors (Lipinski definition) is 7. The van der Waals surface area contributed by atoms with Crippen molar-refractivity contribution in [2.75, 3.05) is 24.7 Å². The Kier molecular flexibility index (Phi) is 4.79. The van der Waals surface area contributed by atoms with Crippen molar-refractivity contribution >= 4 is 23.3 Å².